The Hall–Kier alpha value is -2.47. The van der Waals surface area contributed by atoms with Gasteiger partial charge in [-0.1, -0.05) is 6.08 Å². The molecule has 0 atom stereocenters. The van der Waals surface area contributed by atoms with Gasteiger partial charge < -0.3 is 19.3 Å². The molecule has 0 saturated heterocycles. The first-order valence-corrected chi connectivity index (χ1v) is 8.65. The van der Waals surface area contributed by atoms with Gasteiger partial charge in [-0.2, -0.15) is 0 Å². The molecule has 0 unspecified atom stereocenters. The monoisotopic (exact) mass is 404 g/mol. The summed E-state index contributed by atoms with van der Waals surface area (Å²) in [7, 11) is 0. The Bertz CT molecular complexity index is 829. The van der Waals surface area contributed by atoms with Crippen molar-refractivity contribution in [2.24, 2.45) is 0 Å². The van der Waals surface area contributed by atoms with E-state index in [1.165, 1.54) is 6.08 Å². The number of phenols is 1. The lowest BCUT2D eigenvalue weighted by Gasteiger charge is -2.18. The van der Waals surface area contributed by atoms with Crippen molar-refractivity contribution < 1.29 is 24.1 Å². The highest BCUT2D eigenvalue weighted by atomic mass is 79.9. The second kappa shape index (κ2) is 7.61. The molecule has 0 spiro atoms. The number of benzene rings is 2. The molecule has 0 aliphatic carbocycles. The number of carbonyl (C=O) groups is 1. The molecule has 3 rings (SSSR count). The van der Waals surface area contributed by atoms with Crippen molar-refractivity contribution in [1.29, 1.82) is 0 Å². The van der Waals surface area contributed by atoms with Crippen molar-refractivity contribution in [1.82, 2.24) is 0 Å². The van der Waals surface area contributed by atoms with Crippen molar-refractivity contribution in [3.05, 3.63) is 52.0 Å². The molecule has 0 aromatic heterocycles. The molecule has 1 N–H and O–H groups in total. The van der Waals surface area contributed by atoms with Gasteiger partial charge in [-0.05, 0) is 64.8 Å². The molecule has 25 heavy (non-hydrogen) atoms. The van der Waals surface area contributed by atoms with Crippen LogP contribution in [0.3, 0.4) is 0 Å². The molecular formula is C19H17BrO5. The SMILES string of the molecule is CCOc1cc(/C=C/C(=O)c2ccc3c(c2)OCCO3)cc(Br)c1O. The van der Waals surface area contributed by atoms with Gasteiger partial charge in [-0.3, -0.25) is 4.79 Å². The van der Waals surface area contributed by atoms with E-state index in [1.807, 2.05) is 6.92 Å². The van der Waals surface area contributed by atoms with Crippen molar-refractivity contribution in [3.8, 4) is 23.0 Å². The molecule has 5 nitrogen and oxygen atoms in total. The first-order valence-electron chi connectivity index (χ1n) is 7.86. The van der Waals surface area contributed by atoms with Crippen LogP contribution in [-0.4, -0.2) is 30.7 Å². The quantitative estimate of drug-likeness (QED) is 0.596. The summed E-state index contributed by atoms with van der Waals surface area (Å²) < 4.78 is 16.8. The minimum absolute atomic E-state index is 0.0390. The van der Waals surface area contributed by atoms with E-state index in [1.54, 1.807) is 36.4 Å². The average molecular weight is 405 g/mol. The van der Waals surface area contributed by atoms with Crippen LogP contribution in [0.5, 0.6) is 23.0 Å². The number of carbonyl (C=O) groups excluding carboxylic acids is 1. The predicted molar refractivity (Wildman–Crippen MR) is 97.8 cm³/mol. The minimum Gasteiger partial charge on any atom is -0.503 e. The summed E-state index contributed by atoms with van der Waals surface area (Å²) >= 11 is 3.28. The summed E-state index contributed by atoms with van der Waals surface area (Å²) in [5.41, 5.74) is 1.25. The maximum absolute atomic E-state index is 12.4. The zero-order chi connectivity index (χ0) is 17.8. The first-order chi connectivity index (χ1) is 12.1. The molecule has 1 aliphatic heterocycles. The van der Waals surface area contributed by atoms with Crippen LogP contribution in [0.2, 0.25) is 0 Å². The summed E-state index contributed by atoms with van der Waals surface area (Å²) in [6.07, 6.45) is 3.14. The number of phenolic OH excluding ortho intramolecular Hbond substituents is 1. The molecule has 0 saturated carbocycles. The minimum atomic E-state index is -0.154. The normalized spacial score (nSPS) is 13.0. The van der Waals surface area contributed by atoms with Crippen molar-refractivity contribution in [2.45, 2.75) is 6.92 Å². The van der Waals surface area contributed by atoms with Gasteiger partial charge >= 0.3 is 0 Å². The molecule has 0 amide bonds. The third-order valence-corrected chi connectivity index (χ3v) is 4.21. The number of allylic oxidation sites excluding steroid dienone is 1. The lowest BCUT2D eigenvalue weighted by Crippen LogP contribution is -2.15. The molecule has 6 heteroatoms. The Kier molecular flexibility index (Phi) is 5.28. The lowest BCUT2D eigenvalue weighted by atomic mass is 10.1. The third kappa shape index (κ3) is 3.96. The zero-order valence-electron chi connectivity index (χ0n) is 13.6. The Morgan fingerprint density at radius 2 is 2.00 bits per heavy atom. The van der Waals surface area contributed by atoms with Gasteiger partial charge in [0, 0.05) is 5.56 Å². The van der Waals surface area contributed by atoms with E-state index in [0.29, 0.717) is 47.1 Å². The van der Waals surface area contributed by atoms with Crippen LogP contribution >= 0.6 is 15.9 Å². The van der Waals surface area contributed by atoms with Crippen LogP contribution in [0.25, 0.3) is 6.08 Å². The van der Waals surface area contributed by atoms with E-state index < -0.39 is 0 Å². The summed E-state index contributed by atoms with van der Waals surface area (Å²) in [6.45, 7) is 3.25. The van der Waals surface area contributed by atoms with E-state index in [0.717, 1.165) is 5.56 Å². The summed E-state index contributed by atoms with van der Waals surface area (Å²) in [5.74, 6) is 1.48. The smallest absolute Gasteiger partial charge is 0.185 e. The largest absolute Gasteiger partial charge is 0.503 e. The molecule has 1 aliphatic rings. The standard InChI is InChI=1S/C19H17BrO5/c1-2-23-18-10-12(9-14(20)19(18)22)3-5-15(21)13-4-6-16-17(11-13)25-8-7-24-16/h3-6,9-11,22H,2,7-8H2,1H3/b5-3+. The zero-order valence-corrected chi connectivity index (χ0v) is 15.2. The number of hydrogen-bond donors (Lipinski definition) is 1. The average Bonchev–Trinajstić information content (AvgIpc) is 2.63. The molecule has 2 aromatic rings. The summed E-state index contributed by atoms with van der Waals surface area (Å²) in [6, 6.07) is 8.51. The third-order valence-electron chi connectivity index (χ3n) is 3.60. The second-order valence-electron chi connectivity index (χ2n) is 5.34. The van der Waals surface area contributed by atoms with E-state index in [4.69, 9.17) is 14.2 Å². The Balaban J connectivity index is 1.81. The van der Waals surface area contributed by atoms with Gasteiger partial charge in [0.25, 0.3) is 0 Å². The van der Waals surface area contributed by atoms with Gasteiger partial charge in [0.1, 0.15) is 13.2 Å². The van der Waals surface area contributed by atoms with E-state index >= 15 is 0 Å². The summed E-state index contributed by atoms with van der Waals surface area (Å²) in [5, 5.41) is 9.93. The fourth-order valence-corrected chi connectivity index (χ4v) is 2.88. The van der Waals surface area contributed by atoms with Gasteiger partial charge in [0.15, 0.2) is 28.8 Å². The van der Waals surface area contributed by atoms with Crippen LogP contribution < -0.4 is 14.2 Å². The summed E-state index contributed by atoms with van der Waals surface area (Å²) in [4.78, 5) is 12.4. The van der Waals surface area contributed by atoms with Crippen LogP contribution in [0.4, 0.5) is 0 Å². The fraction of sp³-hybridized carbons (Fsp3) is 0.211. The molecular weight excluding hydrogens is 388 g/mol. The van der Waals surface area contributed by atoms with E-state index in [-0.39, 0.29) is 11.5 Å². The van der Waals surface area contributed by atoms with Crippen molar-refractivity contribution in [2.75, 3.05) is 19.8 Å². The molecule has 130 valence electrons. The maximum Gasteiger partial charge on any atom is 0.185 e. The molecule has 2 aromatic carbocycles. The number of fused-ring (bicyclic) bond motifs is 1. The van der Waals surface area contributed by atoms with Gasteiger partial charge in [0.2, 0.25) is 0 Å². The Morgan fingerprint density at radius 1 is 1.24 bits per heavy atom. The molecule has 0 fully saturated rings. The van der Waals surface area contributed by atoms with Crippen molar-refractivity contribution in [3.63, 3.8) is 0 Å². The molecule has 1 heterocycles. The van der Waals surface area contributed by atoms with E-state index in [2.05, 4.69) is 15.9 Å². The highest BCUT2D eigenvalue weighted by Gasteiger charge is 2.14. The van der Waals surface area contributed by atoms with Crippen LogP contribution in [0, 0.1) is 0 Å². The van der Waals surface area contributed by atoms with Gasteiger partial charge in [-0.25, -0.2) is 0 Å². The highest BCUT2D eigenvalue weighted by molar-refractivity contribution is 9.10. The first kappa shape index (κ1) is 17.4. The topological polar surface area (TPSA) is 65.0 Å². The number of ether oxygens (including phenoxy) is 3. The van der Waals surface area contributed by atoms with E-state index in [9.17, 15) is 9.90 Å². The molecule has 0 bridgehead atoms. The second-order valence-corrected chi connectivity index (χ2v) is 6.19. The number of aromatic hydroxyl groups is 1. The van der Waals surface area contributed by atoms with Crippen molar-refractivity contribution >= 4 is 27.8 Å². The van der Waals surface area contributed by atoms with Crippen LogP contribution in [0.15, 0.2) is 40.9 Å². The molecule has 0 radical (unpaired) electrons. The maximum atomic E-state index is 12.4. The van der Waals surface area contributed by atoms with Crippen LogP contribution in [-0.2, 0) is 0 Å². The Labute approximate surface area is 154 Å². The van der Waals surface area contributed by atoms with Gasteiger partial charge in [-0.15, -0.1) is 0 Å². The number of hydrogen-bond acceptors (Lipinski definition) is 5. The van der Waals surface area contributed by atoms with Crippen LogP contribution in [0.1, 0.15) is 22.8 Å². The number of ketones is 1. The lowest BCUT2D eigenvalue weighted by molar-refractivity contribution is 0.104. The Morgan fingerprint density at radius 3 is 2.76 bits per heavy atom. The number of halogens is 1. The fourth-order valence-electron chi connectivity index (χ4n) is 2.42. The predicted octanol–water partition coefficient (Wildman–Crippen LogP) is 4.22. The van der Waals surface area contributed by atoms with Gasteiger partial charge in [0.05, 0.1) is 11.1 Å². The number of rotatable bonds is 5. The highest BCUT2D eigenvalue weighted by Crippen LogP contribution is 2.36.